The van der Waals surface area contributed by atoms with Gasteiger partial charge >= 0.3 is 5.97 Å². The van der Waals surface area contributed by atoms with Crippen LogP contribution in [0.25, 0.3) is 0 Å². The van der Waals surface area contributed by atoms with Crippen molar-refractivity contribution in [2.45, 2.75) is 12.5 Å². The van der Waals surface area contributed by atoms with Gasteiger partial charge in [-0.3, -0.25) is 0 Å². The highest BCUT2D eigenvalue weighted by Crippen LogP contribution is 2.22. The van der Waals surface area contributed by atoms with Crippen LogP contribution in [-0.2, 0) is 6.42 Å². The van der Waals surface area contributed by atoms with E-state index in [-0.39, 0.29) is 18.2 Å². The van der Waals surface area contributed by atoms with Crippen LogP contribution in [0.3, 0.4) is 0 Å². The lowest BCUT2D eigenvalue weighted by atomic mass is 10.1. The fourth-order valence-corrected chi connectivity index (χ4v) is 2.27. The summed E-state index contributed by atoms with van der Waals surface area (Å²) in [7, 11) is 0. The number of nitrogens with one attached hydrogen (secondary N) is 1. The molecule has 0 heterocycles. The molecule has 0 bridgehead atoms. The van der Waals surface area contributed by atoms with E-state index in [1.807, 2.05) is 30.3 Å². The molecule has 0 aliphatic carbocycles. The van der Waals surface area contributed by atoms with Crippen LogP contribution in [0.1, 0.15) is 15.9 Å². The molecule has 0 aromatic heterocycles. The van der Waals surface area contributed by atoms with E-state index in [9.17, 15) is 15.0 Å². The van der Waals surface area contributed by atoms with E-state index in [0.29, 0.717) is 17.1 Å². The number of hydrogen-bond donors (Lipinski definition) is 3. The van der Waals surface area contributed by atoms with Crippen molar-refractivity contribution in [2.75, 3.05) is 11.9 Å². The Labute approximate surface area is 128 Å². The normalized spacial score (nSPS) is 11.9. The van der Waals surface area contributed by atoms with E-state index in [4.69, 9.17) is 11.6 Å². The average Bonchev–Trinajstić information content (AvgIpc) is 2.47. The predicted octanol–water partition coefficient (Wildman–Crippen LogP) is 3.05. The molecule has 1 unspecified atom stereocenters. The maximum Gasteiger partial charge on any atom is 0.337 e. The average molecular weight is 306 g/mol. The molecule has 0 aliphatic rings. The number of aliphatic hydroxyl groups excluding tert-OH is 1. The number of carboxylic acids is 1. The second-order valence-electron chi connectivity index (χ2n) is 4.71. The summed E-state index contributed by atoms with van der Waals surface area (Å²) >= 11 is 5.91. The van der Waals surface area contributed by atoms with Crippen molar-refractivity contribution < 1.29 is 15.0 Å². The minimum Gasteiger partial charge on any atom is -0.478 e. The van der Waals surface area contributed by atoms with Crippen molar-refractivity contribution >= 4 is 23.3 Å². The molecule has 1 atom stereocenters. The highest BCUT2D eigenvalue weighted by atomic mass is 35.5. The van der Waals surface area contributed by atoms with E-state index >= 15 is 0 Å². The zero-order valence-electron chi connectivity index (χ0n) is 11.3. The molecule has 2 aromatic carbocycles. The molecule has 5 heteroatoms. The van der Waals surface area contributed by atoms with Crippen molar-refractivity contribution in [3.63, 3.8) is 0 Å². The van der Waals surface area contributed by atoms with Gasteiger partial charge in [0, 0.05) is 5.02 Å². The first-order valence-electron chi connectivity index (χ1n) is 6.54. The highest BCUT2D eigenvalue weighted by molar-refractivity contribution is 6.31. The maximum absolute atomic E-state index is 11.2. The Morgan fingerprint density at radius 3 is 2.52 bits per heavy atom. The van der Waals surface area contributed by atoms with Crippen LogP contribution >= 0.6 is 11.6 Å². The number of benzene rings is 2. The first kappa shape index (κ1) is 15.4. The molecule has 0 spiro atoms. The number of halogens is 1. The summed E-state index contributed by atoms with van der Waals surface area (Å²) in [5.74, 6) is -1.04. The van der Waals surface area contributed by atoms with Crippen molar-refractivity contribution in [3.8, 4) is 0 Å². The van der Waals surface area contributed by atoms with E-state index in [2.05, 4.69) is 5.32 Å². The Morgan fingerprint density at radius 1 is 1.19 bits per heavy atom. The monoisotopic (exact) mass is 305 g/mol. The van der Waals surface area contributed by atoms with Gasteiger partial charge in [-0.2, -0.15) is 0 Å². The second-order valence-corrected chi connectivity index (χ2v) is 5.15. The van der Waals surface area contributed by atoms with Crippen molar-refractivity contribution in [1.82, 2.24) is 0 Å². The lowest BCUT2D eigenvalue weighted by Gasteiger charge is -2.19. The molecule has 2 rings (SSSR count). The maximum atomic E-state index is 11.2. The number of aromatic carboxylic acids is 1. The standard InChI is InChI=1S/C16H16ClNO3/c17-12-6-7-14(16(20)21)15(9-12)18-13(10-19)8-11-4-2-1-3-5-11/h1-7,9,13,18-19H,8,10H2,(H,20,21). The zero-order chi connectivity index (χ0) is 15.2. The summed E-state index contributed by atoms with van der Waals surface area (Å²) in [4.78, 5) is 11.2. The summed E-state index contributed by atoms with van der Waals surface area (Å²) < 4.78 is 0. The SMILES string of the molecule is O=C(O)c1ccc(Cl)cc1NC(CO)Cc1ccccc1. The number of anilines is 1. The number of carbonyl (C=O) groups is 1. The predicted molar refractivity (Wildman–Crippen MR) is 83.1 cm³/mol. The summed E-state index contributed by atoms with van der Waals surface area (Å²) in [6.07, 6.45) is 0.586. The number of hydrogen-bond acceptors (Lipinski definition) is 3. The molecule has 0 saturated heterocycles. The molecular formula is C16H16ClNO3. The van der Waals surface area contributed by atoms with Crippen LogP contribution in [-0.4, -0.2) is 28.8 Å². The van der Waals surface area contributed by atoms with Gasteiger partial charge in [0.15, 0.2) is 0 Å². The van der Waals surface area contributed by atoms with E-state index in [0.717, 1.165) is 5.56 Å². The lowest BCUT2D eigenvalue weighted by molar-refractivity contribution is 0.0698. The van der Waals surface area contributed by atoms with Gasteiger partial charge in [0.25, 0.3) is 0 Å². The van der Waals surface area contributed by atoms with Gasteiger partial charge in [0.2, 0.25) is 0 Å². The summed E-state index contributed by atoms with van der Waals surface area (Å²) in [6, 6.07) is 13.9. The Bertz CT molecular complexity index is 616. The minimum absolute atomic E-state index is 0.111. The molecule has 0 amide bonds. The fraction of sp³-hybridized carbons (Fsp3) is 0.188. The minimum atomic E-state index is -1.04. The third kappa shape index (κ3) is 4.21. The topological polar surface area (TPSA) is 69.6 Å². The smallest absolute Gasteiger partial charge is 0.337 e. The van der Waals surface area contributed by atoms with E-state index in [1.165, 1.54) is 12.1 Å². The molecule has 0 aliphatic heterocycles. The summed E-state index contributed by atoms with van der Waals surface area (Å²) in [5.41, 5.74) is 1.60. The third-order valence-corrected chi connectivity index (χ3v) is 3.35. The largest absolute Gasteiger partial charge is 0.478 e. The Hall–Kier alpha value is -2.04. The quantitative estimate of drug-likeness (QED) is 0.767. The molecule has 0 fully saturated rings. The highest BCUT2D eigenvalue weighted by Gasteiger charge is 2.15. The van der Waals surface area contributed by atoms with Gasteiger partial charge in [-0.05, 0) is 30.2 Å². The van der Waals surface area contributed by atoms with Crippen LogP contribution in [0.2, 0.25) is 5.02 Å². The number of carboxylic acid groups (broad SMARTS) is 1. The Kier molecular flexibility index (Phi) is 5.20. The molecule has 2 aromatic rings. The van der Waals surface area contributed by atoms with Crippen LogP contribution in [0.15, 0.2) is 48.5 Å². The van der Waals surface area contributed by atoms with Crippen molar-refractivity contribution in [2.24, 2.45) is 0 Å². The van der Waals surface area contributed by atoms with Gasteiger partial charge in [-0.1, -0.05) is 41.9 Å². The summed E-state index contributed by atoms with van der Waals surface area (Å²) in [5, 5.41) is 22.2. The van der Waals surface area contributed by atoms with Crippen molar-refractivity contribution in [3.05, 3.63) is 64.7 Å². The van der Waals surface area contributed by atoms with E-state index in [1.54, 1.807) is 6.07 Å². The first-order valence-corrected chi connectivity index (χ1v) is 6.92. The molecule has 3 N–H and O–H groups in total. The zero-order valence-corrected chi connectivity index (χ0v) is 12.0. The Morgan fingerprint density at radius 2 is 1.90 bits per heavy atom. The first-order chi connectivity index (χ1) is 10.1. The lowest BCUT2D eigenvalue weighted by Crippen LogP contribution is -2.27. The number of aliphatic hydroxyl groups is 1. The van der Waals surface area contributed by atoms with Crippen LogP contribution < -0.4 is 5.32 Å². The molecule has 0 saturated carbocycles. The molecule has 4 nitrogen and oxygen atoms in total. The molecular weight excluding hydrogens is 290 g/mol. The van der Waals surface area contributed by atoms with Crippen LogP contribution in [0.5, 0.6) is 0 Å². The van der Waals surface area contributed by atoms with Gasteiger partial charge in [0.1, 0.15) is 0 Å². The van der Waals surface area contributed by atoms with Crippen LogP contribution in [0, 0.1) is 0 Å². The molecule has 21 heavy (non-hydrogen) atoms. The van der Waals surface area contributed by atoms with E-state index < -0.39 is 5.97 Å². The second kappa shape index (κ2) is 7.11. The van der Waals surface area contributed by atoms with Crippen LogP contribution in [0.4, 0.5) is 5.69 Å². The fourth-order valence-electron chi connectivity index (χ4n) is 2.10. The van der Waals surface area contributed by atoms with Gasteiger partial charge in [-0.25, -0.2) is 4.79 Å². The number of rotatable bonds is 6. The van der Waals surface area contributed by atoms with Crippen molar-refractivity contribution in [1.29, 1.82) is 0 Å². The molecule has 0 radical (unpaired) electrons. The van der Waals surface area contributed by atoms with Gasteiger partial charge < -0.3 is 15.5 Å². The van der Waals surface area contributed by atoms with Gasteiger partial charge in [0.05, 0.1) is 23.9 Å². The van der Waals surface area contributed by atoms with Gasteiger partial charge in [-0.15, -0.1) is 0 Å². The summed E-state index contributed by atoms with van der Waals surface area (Å²) in [6.45, 7) is -0.111. The third-order valence-electron chi connectivity index (χ3n) is 3.12. The molecule has 110 valence electrons. The Balaban J connectivity index is 2.18.